The van der Waals surface area contributed by atoms with Crippen LogP contribution in [-0.2, 0) is 9.31 Å². The van der Waals surface area contributed by atoms with Crippen molar-refractivity contribution in [2.75, 3.05) is 26.4 Å². The van der Waals surface area contributed by atoms with Crippen LogP contribution in [0.25, 0.3) is 0 Å². The summed E-state index contributed by atoms with van der Waals surface area (Å²) in [5, 5.41) is 18.0. The van der Waals surface area contributed by atoms with Gasteiger partial charge in [-0.2, -0.15) is 0 Å². The van der Waals surface area contributed by atoms with Crippen LogP contribution < -0.4 is 5.46 Å². The molecule has 0 saturated carbocycles. The first kappa shape index (κ1) is 13.5. The molecule has 0 unspecified atom stereocenters. The highest BCUT2D eigenvalue weighted by molar-refractivity contribution is 6.61. The summed E-state index contributed by atoms with van der Waals surface area (Å²) in [6.07, 6.45) is 0. The number of aliphatic hydroxyl groups excluding tert-OH is 2. The molecule has 0 atom stereocenters. The number of hydrogen-bond acceptors (Lipinski definition) is 4. The Balaban J connectivity index is 2.66. The Labute approximate surface area is 99.9 Å². The predicted molar refractivity (Wildman–Crippen MR) is 62.9 cm³/mol. The molecule has 2 N–H and O–H groups in total. The number of rotatable bonds is 7. The van der Waals surface area contributed by atoms with E-state index < -0.39 is 7.12 Å². The van der Waals surface area contributed by atoms with Crippen molar-refractivity contribution in [1.82, 2.24) is 0 Å². The lowest BCUT2D eigenvalue weighted by Crippen LogP contribution is -2.38. The Kier molecular flexibility index (Phi) is 6.44. The van der Waals surface area contributed by atoms with Crippen molar-refractivity contribution in [1.29, 1.82) is 0 Å². The molecule has 6 heteroatoms. The quantitative estimate of drug-likeness (QED) is 0.666. The fourth-order valence-corrected chi connectivity index (χ4v) is 1.41. The van der Waals surface area contributed by atoms with E-state index in [2.05, 4.69) is 0 Å². The van der Waals surface area contributed by atoms with Crippen LogP contribution in [0.4, 0.5) is 0 Å². The lowest BCUT2D eigenvalue weighted by atomic mass is 9.79. The summed E-state index contributed by atoms with van der Waals surface area (Å²) in [6, 6.07) is 7.07. The van der Waals surface area contributed by atoms with E-state index in [1.807, 2.05) is 6.07 Å². The van der Waals surface area contributed by atoms with Crippen molar-refractivity contribution in [3.63, 3.8) is 0 Å². The molecule has 0 saturated heterocycles. The first-order chi connectivity index (χ1) is 7.77. The molecule has 0 fully saturated rings. The van der Waals surface area contributed by atoms with Gasteiger partial charge in [0.05, 0.1) is 26.4 Å². The minimum atomic E-state index is -0.613. The molecule has 4 nitrogen and oxygen atoms in total. The average molecular weight is 244 g/mol. The van der Waals surface area contributed by atoms with Gasteiger partial charge in [0.15, 0.2) is 0 Å². The van der Waals surface area contributed by atoms with Crippen LogP contribution >= 0.6 is 11.6 Å². The largest absolute Gasteiger partial charge is 0.494 e. The van der Waals surface area contributed by atoms with Gasteiger partial charge in [0.2, 0.25) is 0 Å². The smallest absolute Gasteiger partial charge is 0.405 e. The van der Waals surface area contributed by atoms with Crippen LogP contribution in [0.1, 0.15) is 0 Å². The fourth-order valence-electron chi connectivity index (χ4n) is 1.21. The first-order valence-electron chi connectivity index (χ1n) is 4.98. The molecular formula is C10H14BClO4. The van der Waals surface area contributed by atoms with Gasteiger partial charge in [-0.05, 0) is 17.6 Å². The molecule has 0 amide bonds. The zero-order chi connectivity index (χ0) is 11.8. The van der Waals surface area contributed by atoms with Crippen LogP contribution in [0.5, 0.6) is 0 Å². The van der Waals surface area contributed by atoms with E-state index in [1.165, 1.54) is 0 Å². The Hall–Kier alpha value is -0.585. The maximum atomic E-state index is 8.69. The SMILES string of the molecule is OCCOB(OCCO)c1cccc(Cl)c1. The topological polar surface area (TPSA) is 58.9 Å². The standard InChI is InChI=1S/C10H14BClO4/c12-10-3-1-2-9(8-10)11(15-6-4-13)16-7-5-14/h1-3,8,13-14H,4-7H2. The predicted octanol–water partition coefficient (Wildman–Crippen LogP) is 0.0530. The molecule has 0 radical (unpaired) electrons. The second kappa shape index (κ2) is 7.65. The normalized spacial score (nSPS) is 10.4. The Morgan fingerprint density at radius 1 is 1.12 bits per heavy atom. The summed E-state index contributed by atoms with van der Waals surface area (Å²) in [5.74, 6) is 0. The van der Waals surface area contributed by atoms with E-state index >= 15 is 0 Å². The molecule has 0 aromatic heterocycles. The molecule has 0 spiro atoms. The van der Waals surface area contributed by atoms with Gasteiger partial charge >= 0.3 is 7.12 Å². The Morgan fingerprint density at radius 3 is 2.25 bits per heavy atom. The lowest BCUT2D eigenvalue weighted by molar-refractivity contribution is 0.139. The molecule has 1 rings (SSSR count). The molecule has 0 aliphatic carbocycles. The molecule has 88 valence electrons. The van der Waals surface area contributed by atoms with E-state index in [-0.39, 0.29) is 26.4 Å². The zero-order valence-electron chi connectivity index (χ0n) is 8.80. The van der Waals surface area contributed by atoms with E-state index in [1.54, 1.807) is 18.2 Å². The van der Waals surface area contributed by atoms with Gasteiger partial charge in [-0.15, -0.1) is 0 Å². The second-order valence-corrected chi connectivity index (χ2v) is 3.51. The van der Waals surface area contributed by atoms with Gasteiger partial charge in [-0.1, -0.05) is 23.7 Å². The third-order valence-electron chi connectivity index (χ3n) is 1.84. The summed E-state index contributed by atoms with van der Waals surface area (Å²) in [5.41, 5.74) is 0.759. The minimum Gasteiger partial charge on any atom is -0.405 e. The Morgan fingerprint density at radius 2 is 1.75 bits per heavy atom. The highest BCUT2D eigenvalue weighted by atomic mass is 35.5. The van der Waals surface area contributed by atoms with E-state index in [0.29, 0.717) is 5.02 Å². The van der Waals surface area contributed by atoms with Crippen molar-refractivity contribution in [3.05, 3.63) is 29.3 Å². The van der Waals surface area contributed by atoms with Gasteiger partial charge in [0, 0.05) is 5.02 Å². The highest BCUT2D eigenvalue weighted by Crippen LogP contribution is 2.05. The molecule has 0 bridgehead atoms. The number of benzene rings is 1. The number of aliphatic hydroxyl groups is 2. The van der Waals surface area contributed by atoms with Crippen molar-refractivity contribution in [2.45, 2.75) is 0 Å². The lowest BCUT2D eigenvalue weighted by Gasteiger charge is -2.13. The van der Waals surface area contributed by atoms with Gasteiger partial charge in [-0.3, -0.25) is 0 Å². The monoisotopic (exact) mass is 244 g/mol. The van der Waals surface area contributed by atoms with Crippen LogP contribution in [0.3, 0.4) is 0 Å². The second-order valence-electron chi connectivity index (χ2n) is 3.08. The van der Waals surface area contributed by atoms with Crippen LogP contribution in [0, 0.1) is 0 Å². The van der Waals surface area contributed by atoms with Crippen LogP contribution in [-0.4, -0.2) is 43.8 Å². The zero-order valence-corrected chi connectivity index (χ0v) is 9.56. The third kappa shape index (κ3) is 4.51. The molecule has 1 aromatic carbocycles. The first-order valence-corrected chi connectivity index (χ1v) is 5.36. The van der Waals surface area contributed by atoms with Crippen molar-refractivity contribution in [3.8, 4) is 0 Å². The number of hydrogen-bond donors (Lipinski definition) is 2. The van der Waals surface area contributed by atoms with Gasteiger partial charge in [0.25, 0.3) is 0 Å². The average Bonchev–Trinajstić information content (AvgIpc) is 2.29. The highest BCUT2D eigenvalue weighted by Gasteiger charge is 2.20. The Bertz CT molecular complexity index is 303. The minimum absolute atomic E-state index is 0.0838. The van der Waals surface area contributed by atoms with Gasteiger partial charge < -0.3 is 19.5 Å². The molecule has 0 heterocycles. The fraction of sp³-hybridized carbons (Fsp3) is 0.400. The third-order valence-corrected chi connectivity index (χ3v) is 2.08. The molecule has 1 aromatic rings. The number of halogens is 1. The molecular weight excluding hydrogens is 230 g/mol. The van der Waals surface area contributed by atoms with Crippen LogP contribution in [0.2, 0.25) is 5.02 Å². The van der Waals surface area contributed by atoms with Crippen molar-refractivity contribution >= 4 is 24.2 Å². The van der Waals surface area contributed by atoms with Gasteiger partial charge in [-0.25, -0.2) is 0 Å². The maximum Gasteiger partial charge on any atom is 0.494 e. The molecule has 0 aliphatic heterocycles. The van der Waals surface area contributed by atoms with Crippen LogP contribution in [0.15, 0.2) is 24.3 Å². The summed E-state index contributed by atoms with van der Waals surface area (Å²) in [7, 11) is -0.613. The van der Waals surface area contributed by atoms with E-state index in [9.17, 15) is 0 Å². The van der Waals surface area contributed by atoms with E-state index in [0.717, 1.165) is 5.46 Å². The molecule has 16 heavy (non-hydrogen) atoms. The summed E-state index contributed by atoms with van der Waals surface area (Å²) >= 11 is 5.85. The maximum absolute atomic E-state index is 8.69. The van der Waals surface area contributed by atoms with Crippen molar-refractivity contribution < 1.29 is 19.5 Å². The summed E-state index contributed by atoms with van der Waals surface area (Å²) in [6.45, 7) is 0.171. The molecule has 0 aliphatic rings. The van der Waals surface area contributed by atoms with E-state index in [4.69, 9.17) is 31.1 Å². The van der Waals surface area contributed by atoms with Gasteiger partial charge in [0.1, 0.15) is 0 Å². The summed E-state index contributed by atoms with van der Waals surface area (Å²) in [4.78, 5) is 0. The summed E-state index contributed by atoms with van der Waals surface area (Å²) < 4.78 is 10.6. The van der Waals surface area contributed by atoms with Crippen molar-refractivity contribution in [2.24, 2.45) is 0 Å².